The zero-order valence-electron chi connectivity index (χ0n) is 8.40. The van der Waals surface area contributed by atoms with E-state index >= 15 is 0 Å². The molecule has 1 heterocycles. The van der Waals surface area contributed by atoms with Crippen LogP contribution in [0.25, 0.3) is 10.9 Å². The molecular formula is C12H13NO. The van der Waals surface area contributed by atoms with Crippen molar-refractivity contribution in [2.75, 3.05) is 0 Å². The lowest BCUT2D eigenvalue weighted by Gasteiger charge is -2.08. The predicted octanol–water partition coefficient (Wildman–Crippen LogP) is 2.60. The van der Waals surface area contributed by atoms with Crippen molar-refractivity contribution >= 4 is 10.9 Å². The molecule has 0 amide bonds. The smallest absolute Gasteiger partial charge is 0.224 e. The molecule has 14 heavy (non-hydrogen) atoms. The summed E-state index contributed by atoms with van der Waals surface area (Å²) in [5, 5.41) is 12.5. The van der Waals surface area contributed by atoms with Crippen LogP contribution in [0.5, 0.6) is 0 Å². The Kier molecular flexibility index (Phi) is 2.12. The number of nitrogens with zero attached hydrogens (tertiary/aromatic N) is 1. The van der Waals surface area contributed by atoms with Crippen LogP contribution < -0.4 is 4.73 Å². The highest BCUT2D eigenvalue weighted by Crippen LogP contribution is 2.22. The standard InChI is InChI=1S/C12H13NO/c1-9(2)10-5-3-7-12-11(10)6-4-8-13(12)14/h3-9H,1-2H3. The van der Waals surface area contributed by atoms with E-state index in [2.05, 4.69) is 19.9 Å². The predicted molar refractivity (Wildman–Crippen MR) is 57.0 cm³/mol. The molecule has 0 atom stereocenters. The molecule has 0 fully saturated rings. The van der Waals surface area contributed by atoms with Crippen molar-refractivity contribution in [2.24, 2.45) is 0 Å². The molecule has 0 aliphatic rings. The van der Waals surface area contributed by atoms with E-state index in [-0.39, 0.29) is 0 Å². The maximum absolute atomic E-state index is 11.5. The van der Waals surface area contributed by atoms with Crippen LogP contribution in [0.2, 0.25) is 0 Å². The molecule has 0 aliphatic heterocycles. The molecule has 2 nitrogen and oxygen atoms in total. The number of hydrogen-bond donors (Lipinski definition) is 0. The fourth-order valence-corrected chi connectivity index (χ4v) is 1.75. The lowest BCUT2D eigenvalue weighted by Crippen LogP contribution is -2.25. The van der Waals surface area contributed by atoms with Gasteiger partial charge in [-0.15, -0.1) is 0 Å². The monoisotopic (exact) mass is 187 g/mol. The van der Waals surface area contributed by atoms with Crippen molar-refractivity contribution in [1.29, 1.82) is 0 Å². The molecule has 2 aromatic rings. The van der Waals surface area contributed by atoms with Crippen LogP contribution in [0, 0.1) is 5.21 Å². The van der Waals surface area contributed by atoms with E-state index in [0.717, 1.165) is 15.6 Å². The van der Waals surface area contributed by atoms with Gasteiger partial charge < -0.3 is 5.21 Å². The zero-order valence-corrected chi connectivity index (χ0v) is 8.40. The Morgan fingerprint density at radius 3 is 2.64 bits per heavy atom. The van der Waals surface area contributed by atoms with Crippen LogP contribution in [0.3, 0.4) is 0 Å². The van der Waals surface area contributed by atoms with E-state index in [4.69, 9.17) is 0 Å². The van der Waals surface area contributed by atoms with Crippen LogP contribution >= 0.6 is 0 Å². The van der Waals surface area contributed by atoms with Gasteiger partial charge in [0, 0.05) is 12.1 Å². The van der Waals surface area contributed by atoms with Crippen LogP contribution in [-0.2, 0) is 0 Å². The van der Waals surface area contributed by atoms with E-state index in [1.165, 1.54) is 11.8 Å². The minimum absolute atomic E-state index is 0.445. The SMILES string of the molecule is CC(C)c1cccc2c1ccc[n+]2[O-]. The highest BCUT2D eigenvalue weighted by atomic mass is 16.5. The molecule has 0 N–H and O–H groups in total. The minimum atomic E-state index is 0.445. The first kappa shape index (κ1) is 9.00. The molecule has 0 bridgehead atoms. The molecule has 0 spiro atoms. The summed E-state index contributed by atoms with van der Waals surface area (Å²) in [5.74, 6) is 0.445. The zero-order chi connectivity index (χ0) is 10.1. The highest BCUT2D eigenvalue weighted by molar-refractivity contribution is 5.80. The van der Waals surface area contributed by atoms with Crippen LogP contribution in [-0.4, -0.2) is 0 Å². The second-order valence-corrected chi connectivity index (χ2v) is 3.77. The van der Waals surface area contributed by atoms with E-state index in [9.17, 15) is 5.21 Å². The molecule has 72 valence electrons. The molecule has 2 heteroatoms. The molecule has 0 saturated carbocycles. The lowest BCUT2D eigenvalue weighted by molar-refractivity contribution is -0.577. The first-order chi connectivity index (χ1) is 6.70. The van der Waals surface area contributed by atoms with E-state index in [0.29, 0.717) is 5.92 Å². The summed E-state index contributed by atoms with van der Waals surface area (Å²) in [6.45, 7) is 4.27. The molecule has 0 aliphatic carbocycles. The Bertz CT molecular complexity index is 463. The third-order valence-corrected chi connectivity index (χ3v) is 2.46. The summed E-state index contributed by atoms with van der Waals surface area (Å²) in [6.07, 6.45) is 1.53. The van der Waals surface area contributed by atoms with Crippen molar-refractivity contribution in [1.82, 2.24) is 0 Å². The largest absolute Gasteiger partial charge is 0.618 e. The van der Waals surface area contributed by atoms with Gasteiger partial charge in [0.15, 0.2) is 6.20 Å². The summed E-state index contributed by atoms with van der Waals surface area (Å²) >= 11 is 0. The second-order valence-electron chi connectivity index (χ2n) is 3.77. The Morgan fingerprint density at radius 1 is 1.14 bits per heavy atom. The second kappa shape index (κ2) is 3.29. The van der Waals surface area contributed by atoms with E-state index in [1.54, 1.807) is 6.07 Å². The Balaban J connectivity index is 2.81. The number of benzene rings is 1. The van der Waals surface area contributed by atoms with Gasteiger partial charge >= 0.3 is 0 Å². The summed E-state index contributed by atoms with van der Waals surface area (Å²) < 4.78 is 0.918. The van der Waals surface area contributed by atoms with E-state index < -0.39 is 0 Å². The fraction of sp³-hybridized carbons (Fsp3) is 0.250. The third-order valence-electron chi connectivity index (χ3n) is 2.46. The summed E-state index contributed by atoms with van der Waals surface area (Å²) in [4.78, 5) is 0. The highest BCUT2D eigenvalue weighted by Gasteiger charge is 2.08. The molecule has 1 aromatic carbocycles. The maximum atomic E-state index is 11.5. The maximum Gasteiger partial charge on any atom is 0.224 e. The van der Waals surface area contributed by atoms with Gasteiger partial charge in [0.2, 0.25) is 5.52 Å². The normalized spacial score (nSPS) is 11.1. The van der Waals surface area contributed by atoms with Gasteiger partial charge in [-0.25, -0.2) is 0 Å². The Morgan fingerprint density at radius 2 is 1.93 bits per heavy atom. The van der Waals surface area contributed by atoms with Crippen LogP contribution in [0.1, 0.15) is 25.3 Å². The molecule has 0 saturated heterocycles. The van der Waals surface area contributed by atoms with Gasteiger partial charge in [0.1, 0.15) is 0 Å². The third kappa shape index (κ3) is 1.33. The van der Waals surface area contributed by atoms with E-state index in [1.807, 2.05) is 18.2 Å². The van der Waals surface area contributed by atoms with Crippen molar-refractivity contribution in [2.45, 2.75) is 19.8 Å². The lowest BCUT2D eigenvalue weighted by atomic mass is 9.98. The van der Waals surface area contributed by atoms with Crippen LogP contribution in [0.4, 0.5) is 0 Å². The Labute approximate surface area is 83.4 Å². The average Bonchev–Trinajstić information content (AvgIpc) is 2.17. The quantitative estimate of drug-likeness (QED) is 0.498. The van der Waals surface area contributed by atoms with Crippen molar-refractivity contribution in [3.05, 3.63) is 47.3 Å². The average molecular weight is 187 g/mol. The molecule has 0 radical (unpaired) electrons. The number of hydrogen-bond acceptors (Lipinski definition) is 1. The first-order valence-corrected chi connectivity index (χ1v) is 4.81. The molecule has 1 aromatic heterocycles. The number of pyridine rings is 1. The van der Waals surface area contributed by atoms with Gasteiger partial charge in [0.25, 0.3) is 0 Å². The number of fused-ring (bicyclic) bond motifs is 1. The summed E-state index contributed by atoms with van der Waals surface area (Å²) in [7, 11) is 0. The first-order valence-electron chi connectivity index (χ1n) is 4.81. The summed E-state index contributed by atoms with van der Waals surface area (Å²) in [5.41, 5.74) is 1.98. The van der Waals surface area contributed by atoms with Crippen molar-refractivity contribution in [3.63, 3.8) is 0 Å². The van der Waals surface area contributed by atoms with Crippen molar-refractivity contribution in [3.8, 4) is 0 Å². The Hall–Kier alpha value is -1.57. The fourth-order valence-electron chi connectivity index (χ4n) is 1.75. The molecular weight excluding hydrogens is 174 g/mol. The van der Waals surface area contributed by atoms with Gasteiger partial charge in [-0.3, -0.25) is 0 Å². The van der Waals surface area contributed by atoms with Gasteiger partial charge in [-0.1, -0.05) is 26.0 Å². The van der Waals surface area contributed by atoms with Crippen LogP contribution in [0.15, 0.2) is 36.5 Å². The number of rotatable bonds is 1. The molecule has 0 unspecified atom stereocenters. The topological polar surface area (TPSA) is 26.9 Å². The molecule has 2 rings (SSSR count). The van der Waals surface area contributed by atoms with Gasteiger partial charge in [-0.05, 0) is 17.5 Å². The van der Waals surface area contributed by atoms with Gasteiger partial charge in [-0.2, -0.15) is 4.73 Å². The summed E-state index contributed by atoms with van der Waals surface area (Å²) in [6, 6.07) is 9.66. The van der Waals surface area contributed by atoms with Gasteiger partial charge in [0.05, 0.1) is 5.39 Å². The van der Waals surface area contributed by atoms with Crippen molar-refractivity contribution < 1.29 is 4.73 Å². The number of aromatic nitrogens is 1. The minimum Gasteiger partial charge on any atom is -0.618 e.